The molecule has 0 saturated carbocycles. The third kappa shape index (κ3) is 5.43. The normalized spacial score (nSPS) is 14.4. The first-order chi connectivity index (χ1) is 12.5. The van der Waals surface area contributed by atoms with Crippen molar-refractivity contribution in [3.05, 3.63) is 90.1 Å². The van der Waals surface area contributed by atoms with Crippen molar-refractivity contribution in [3.63, 3.8) is 0 Å². The molecule has 1 aromatic rings. The van der Waals surface area contributed by atoms with Crippen LogP contribution in [0.15, 0.2) is 84.5 Å². The van der Waals surface area contributed by atoms with Gasteiger partial charge in [-0.2, -0.15) is 0 Å². The van der Waals surface area contributed by atoms with Gasteiger partial charge in [0.15, 0.2) is 0 Å². The minimum atomic E-state index is -0.599. The smallest absolute Gasteiger partial charge is 0.274 e. The lowest BCUT2D eigenvalue weighted by atomic mass is 9.96. The standard InChI is InChI=1S/C21H22N2O3/c1-3-17(9-5-8-16-6-4-7-16)15(2)14-20(24)22-19-12-10-18(11-13-19)21(25)23-26/h3-13,15,26H,1,14H2,2H3,(H,22,24)(H,23,25)/b8-5+,17-9+/t15-/m0/s1. The van der Waals surface area contributed by atoms with E-state index in [2.05, 4.69) is 11.9 Å². The van der Waals surface area contributed by atoms with E-state index in [0.717, 1.165) is 11.1 Å². The molecule has 134 valence electrons. The zero-order valence-corrected chi connectivity index (χ0v) is 14.6. The van der Waals surface area contributed by atoms with Gasteiger partial charge in [0, 0.05) is 17.7 Å². The number of rotatable bonds is 8. The van der Waals surface area contributed by atoms with E-state index in [4.69, 9.17) is 5.21 Å². The van der Waals surface area contributed by atoms with E-state index in [1.807, 2.05) is 43.4 Å². The molecule has 1 aromatic carbocycles. The van der Waals surface area contributed by atoms with E-state index in [0.29, 0.717) is 17.7 Å². The second-order valence-corrected chi connectivity index (χ2v) is 5.93. The Bertz CT molecular complexity index is 799. The lowest BCUT2D eigenvalue weighted by Crippen LogP contribution is -2.19. The summed E-state index contributed by atoms with van der Waals surface area (Å²) in [6.07, 6.45) is 14.0. The molecule has 0 spiro atoms. The van der Waals surface area contributed by atoms with Gasteiger partial charge in [0.1, 0.15) is 0 Å². The van der Waals surface area contributed by atoms with Crippen LogP contribution in [0.5, 0.6) is 0 Å². The van der Waals surface area contributed by atoms with Crippen LogP contribution in [-0.4, -0.2) is 17.0 Å². The Balaban J connectivity index is 1.90. The van der Waals surface area contributed by atoms with Crippen LogP contribution in [0.25, 0.3) is 0 Å². The van der Waals surface area contributed by atoms with Gasteiger partial charge in [-0.15, -0.1) is 0 Å². The number of hydrogen-bond acceptors (Lipinski definition) is 3. The molecule has 0 radical (unpaired) electrons. The van der Waals surface area contributed by atoms with Crippen LogP contribution in [-0.2, 0) is 4.79 Å². The van der Waals surface area contributed by atoms with E-state index in [-0.39, 0.29) is 11.8 Å². The maximum atomic E-state index is 12.2. The summed E-state index contributed by atoms with van der Waals surface area (Å²) >= 11 is 0. The maximum Gasteiger partial charge on any atom is 0.274 e. The molecule has 5 heteroatoms. The number of hydrogen-bond donors (Lipinski definition) is 3. The summed E-state index contributed by atoms with van der Waals surface area (Å²) in [5, 5.41) is 11.4. The van der Waals surface area contributed by atoms with E-state index >= 15 is 0 Å². The van der Waals surface area contributed by atoms with Crippen molar-refractivity contribution in [2.45, 2.75) is 13.3 Å². The summed E-state index contributed by atoms with van der Waals surface area (Å²) in [6, 6.07) is 6.27. The lowest BCUT2D eigenvalue weighted by Gasteiger charge is -2.13. The van der Waals surface area contributed by atoms with Gasteiger partial charge in [-0.05, 0) is 41.3 Å². The van der Waals surface area contributed by atoms with Gasteiger partial charge in [0.25, 0.3) is 5.91 Å². The number of nitrogens with one attached hydrogen (secondary N) is 2. The number of benzene rings is 1. The van der Waals surface area contributed by atoms with E-state index in [9.17, 15) is 9.59 Å². The molecule has 0 aliphatic heterocycles. The third-order valence-electron chi connectivity index (χ3n) is 3.98. The molecular formula is C21H22N2O3. The lowest BCUT2D eigenvalue weighted by molar-refractivity contribution is -0.116. The van der Waals surface area contributed by atoms with Gasteiger partial charge in [-0.3, -0.25) is 14.8 Å². The average molecular weight is 350 g/mol. The van der Waals surface area contributed by atoms with Crippen LogP contribution in [0.4, 0.5) is 5.69 Å². The van der Waals surface area contributed by atoms with Crippen molar-refractivity contribution >= 4 is 17.5 Å². The summed E-state index contributed by atoms with van der Waals surface area (Å²) in [5.41, 5.74) is 4.60. The van der Waals surface area contributed by atoms with Gasteiger partial charge in [0.2, 0.25) is 5.91 Å². The fourth-order valence-corrected chi connectivity index (χ4v) is 2.40. The second-order valence-electron chi connectivity index (χ2n) is 5.93. The molecule has 0 aromatic heterocycles. The summed E-state index contributed by atoms with van der Waals surface area (Å²) in [4.78, 5) is 23.5. The minimum Gasteiger partial charge on any atom is -0.326 e. The van der Waals surface area contributed by atoms with Crippen molar-refractivity contribution in [1.82, 2.24) is 5.48 Å². The molecule has 0 fully saturated rings. The molecule has 0 bridgehead atoms. The molecule has 2 amide bonds. The van der Waals surface area contributed by atoms with Crippen LogP contribution in [0.2, 0.25) is 0 Å². The van der Waals surface area contributed by atoms with Crippen LogP contribution >= 0.6 is 0 Å². The first kappa shape index (κ1) is 19.1. The van der Waals surface area contributed by atoms with Crippen LogP contribution in [0.1, 0.15) is 23.7 Å². The molecule has 0 unspecified atom stereocenters. The molecular weight excluding hydrogens is 328 g/mol. The molecule has 0 saturated heterocycles. The summed E-state index contributed by atoms with van der Waals surface area (Å²) in [5.74, 6) is -0.709. The highest BCUT2D eigenvalue weighted by molar-refractivity contribution is 5.95. The van der Waals surface area contributed by atoms with E-state index in [1.165, 1.54) is 12.1 Å². The molecule has 2 rings (SSSR count). The highest BCUT2D eigenvalue weighted by Gasteiger charge is 2.12. The third-order valence-corrected chi connectivity index (χ3v) is 3.98. The van der Waals surface area contributed by atoms with Gasteiger partial charge < -0.3 is 5.32 Å². The molecule has 1 atom stereocenters. The van der Waals surface area contributed by atoms with E-state index < -0.39 is 5.91 Å². The minimum absolute atomic E-state index is 0.0162. The predicted molar refractivity (Wildman–Crippen MR) is 103 cm³/mol. The van der Waals surface area contributed by atoms with Crippen molar-refractivity contribution < 1.29 is 14.8 Å². The Kier molecular flexibility index (Phi) is 6.88. The van der Waals surface area contributed by atoms with Gasteiger partial charge >= 0.3 is 0 Å². The molecule has 1 aliphatic carbocycles. The first-order valence-corrected chi connectivity index (χ1v) is 8.27. The average Bonchev–Trinajstić information content (AvgIpc) is 2.60. The Morgan fingerprint density at radius 3 is 2.50 bits per heavy atom. The number of carbonyl (C=O) groups excluding carboxylic acids is 2. The number of allylic oxidation sites excluding steroid dienone is 9. The van der Waals surface area contributed by atoms with Gasteiger partial charge in [-0.1, -0.05) is 56.0 Å². The monoisotopic (exact) mass is 350 g/mol. The molecule has 3 N–H and O–H groups in total. The topological polar surface area (TPSA) is 78.4 Å². The Morgan fingerprint density at radius 1 is 1.27 bits per heavy atom. The van der Waals surface area contributed by atoms with Gasteiger partial charge in [-0.25, -0.2) is 5.48 Å². The quantitative estimate of drug-likeness (QED) is 0.377. The zero-order valence-electron chi connectivity index (χ0n) is 14.6. The van der Waals surface area contributed by atoms with Crippen molar-refractivity contribution in [2.24, 2.45) is 5.92 Å². The Labute approximate surface area is 153 Å². The molecule has 5 nitrogen and oxygen atoms in total. The number of carbonyl (C=O) groups is 2. The Hall–Kier alpha value is -3.18. The highest BCUT2D eigenvalue weighted by atomic mass is 16.5. The Morgan fingerprint density at radius 2 is 1.96 bits per heavy atom. The first-order valence-electron chi connectivity index (χ1n) is 8.27. The second kappa shape index (κ2) is 9.34. The van der Waals surface area contributed by atoms with Crippen LogP contribution in [0.3, 0.4) is 0 Å². The molecule has 26 heavy (non-hydrogen) atoms. The fourth-order valence-electron chi connectivity index (χ4n) is 2.40. The fraction of sp³-hybridized carbons (Fsp3) is 0.143. The van der Waals surface area contributed by atoms with Crippen LogP contribution in [0, 0.1) is 5.92 Å². The maximum absolute atomic E-state index is 12.2. The number of hydroxylamine groups is 1. The summed E-state index contributed by atoms with van der Waals surface area (Å²) in [6.45, 7) is 5.79. The van der Waals surface area contributed by atoms with E-state index in [1.54, 1.807) is 23.7 Å². The molecule has 0 heterocycles. The van der Waals surface area contributed by atoms with Crippen molar-refractivity contribution in [3.8, 4) is 0 Å². The molecule has 1 aliphatic rings. The van der Waals surface area contributed by atoms with Crippen LogP contribution < -0.4 is 10.8 Å². The predicted octanol–water partition coefficient (Wildman–Crippen LogP) is 3.94. The number of anilines is 1. The summed E-state index contributed by atoms with van der Waals surface area (Å²) in [7, 11) is 0. The van der Waals surface area contributed by atoms with Crippen molar-refractivity contribution in [1.29, 1.82) is 0 Å². The SMILES string of the molecule is C=C/C(=C\C=C\C1=CC=C1)[C@@H](C)CC(=O)Nc1ccc(C(=O)NO)cc1. The van der Waals surface area contributed by atoms with Crippen molar-refractivity contribution in [2.75, 3.05) is 5.32 Å². The zero-order chi connectivity index (χ0) is 18.9. The largest absolute Gasteiger partial charge is 0.326 e. The number of amides is 2. The highest BCUT2D eigenvalue weighted by Crippen LogP contribution is 2.18. The van der Waals surface area contributed by atoms with Gasteiger partial charge in [0.05, 0.1) is 0 Å². The summed E-state index contributed by atoms with van der Waals surface area (Å²) < 4.78 is 0.